The third-order valence-electron chi connectivity index (χ3n) is 4.25. The predicted octanol–water partition coefficient (Wildman–Crippen LogP) is 2.02. The van der Waals surface area contributed by atoms with Crippen LogP contribution in [0, 0.1) is 5.82 Å². The molecule has 0 saturated heterocycles. The van der Waals surface area contributed by atoms with Gasteiger partial charge in [0.1, 0.15) is 5.82 Å². The molecule has 0 aliphatic rings. The fourth-order valence-electron chi connectivity index (χ4n) is 2.76. The number of halogens is 2. The van der Waals surface area contributed by atoms with Crippen molar-refractivity contribution in [3.8, 4) is 11.1 Å². The Morgan fingerprint density at radius 1 is 1.19 bits per heavy atom. The van der Waals surface area contributed by atoms with Crippen LogP contribution in [0.25, 0.3) is 11.1 Å². The number of carboxylic acids is 1. The van der Waals surface area contributed by atoms with Crippen molar-refractivity contribution in [3.05, 3.63) is 81.0 Å². The van der Waals surface area contributed by atoms with Gasteiger partial charge < -0.3 is 14.7 Å². The third kappa shape index (κ3) is 5.79. The van der Waals surface area contributed by atoms with E-state index in [2.05, 4.69) is 5.43 Å². The number of carboxylic acid groups (broad SMARTS) is 1. The van der Waals surface area contributed by atoms with Crippen molar-refractivity contribution in [3.63, 3.8) is 0 Å². The number of aliphatic carboxylic acids is 1. The highest BCUT2D eigenvalue weighted by Gasteiger charge is 2.22. The second kappa shape index (κ2) is 9.56. The molecule has 9 nitrogen and oxygen atoms in total. The third-order valence-corrected chi connectivity index (χ3v) is 4.49. The highest BCUT2D eigenvalue weighted by Crippen LogP contribution is 2.26. The Kier molecular flexibility index (Phi) is 6.85. The van der Waals surface area contributed by atoms with E-state index in [0.29, 0.717) is 21.7 Å². The van der Waals surface area contributed by atoms with E-state index < -0.39 is 35.9 Å². The minimum atomic E-state index is -1.78. The molecule has 1 amide bonds. The summed E-state index contributed by atoms with van der Waals surface area (Å²) in [5.74, 6) is -3.04. The van der Waals surface area contributed by atoms with E-state index in [-0.39, 0.29) is 12.3 Å². The summed E-state index contributed by atoms with van der Waals surface area (Å²) in [5, 5.41) is 22.2. The van der Waals surface area contributed by atoms with Gasteiger partial charge in [-0.3, -0.25) is 15.0 Å². The molecule has 31 heavy (non-hydrogen) atoms. The van der Waals surface area contributed by atoms with E-state index in [1.54, 1.807) is 24.3 Å². The number of rotatable bonds is 8. The minimum Gasteiger partial charge on any atom is -0.479 e. The van der Waals surface area contributed by atoms with Crippen molar-refractivity contribution < 1.29 is 28.7 Å². The van der Waals surface area contributed by atoms with Gasteiger partial charge in [-0.2, -0.15) is 5.16 Å². The highest BCUT2D eigenvalue weighted by molar-refractivity contribution is 6.30. The average Bonchev–Trinajstić information content (AvgIpc) is 3.17. The molecule has 3 aromatic rings. The van der Waals surface area contributed by atoms with Gasteiger partial charge >= 0.3 is 11.9 Å². The number of nitrogens with zero attached hydrogens (tertiary/aromatic N) is 1. The van der Waals surface area contributed by atoms with Crippen molar-refractivity contribution in [2.24, 2.45) is 0 Å². The number of carbonyl (C=O) groups is 2. The normalized spacial score (nSPS) is 12.0. The van der Waals surface area contributed by atoms with Crippen LogP contribution in [0.1, 0.15) is 16.1 Å². The fraction of sp³-hybridized carbons (Fsp3) is 0.150. The lowest BCUT2D eigenvalue weighted by Crippen LogP contribution is -2.47. The number of aromatic nitrogens is 1. The van der Waals surface area contributed by atoms with Crippen LogP contribution in [0.3, 0.4) is 0 Å². The largest absolute Gasteiger partial charge is 0.479 e. The maximum atomic E-state index is 14.1. The SMILES string of the molecule is O=C(NN(Cc1ccc(-c2cc(Cl)ccc2F)cc1)C[C@@H](O)C(=O)O)c1cc(=O)[nH]o1. The Bertz CT molecular complexity index is 1140. The van der Waals surface area contributed by atoms with Gasteiger partial charge in [-0.25, -0.2) is 14.2 Å². The Morgan fingerprint density at radius 2 is 1.90 bits per heavy atom. The molecular formula is C20H17ClFN3O6. The molecule has 0 fully saturated rings. The molecule has 0 radical (unpaired) electrons. The molecule has 1 aromatic heterocycles. The van der Waals surface area contributed by atoms with Gasteiger partial charge in [-0.1, -0.05) is 35.9 Å². The molecule has 0 saturated carbocycles. The van der Waals surface area contributed by atoms with Crippen molar-refractivity contribution in [2.75, 3.05) is 6.54 Å². The number of carbonyl (C=O) groups excluding carboxylic acids is 1. The Balaban J connectivity index is 1.78. The van der Waals surface area contributed by atoms with Crippen LogP contribution < -0.4 is 11.0 Å². The summed E-state index contributed by atoms with van der Waals surface area (Å²) >= 11 is 5.93. The zero-order valence-electron chi connectivity index (χ0n) is 15.8. The fourth-order valence-corrected chi connectivity index (χ4v) is 2.93. The number of hydrogen-bond acceptors (Lipinski definition) is 6. The van der Waals surface area contributed by atoms with Crippen molar-refractivity contribution >= 4 is 23.5 Å². The van der Waals surface area contributed by atoms with Crippen LogP contribution in [0.2, 0.25) is 5.02 Å². The number of aliphatic hydroxyl groups is 1. The minimum absolute atomic E-state index is 0.00302. The molecule has 0 unspecified atom stereocenters. The van der Waals surface area contributed by atoms with E-state index in [1.807, 2.05) is 5.16 Å². The van der Waals surface area contributed by atoms with E-state index in [1.165, 1.54) is 18.2 Å². The number of nitrogens with one attached hydrogen (secondary N) is 2. The van der Waals surface area contributed by atoms with Crippen molar-refractivity contribution in [1.82, 2.24) is 15.6 Å². The smallest absolute Gasteiger partial charge is 0.333 e. The van der Waals surface area contributed by atoms with Gasteiger partial charge in [0.2, 0.25) is 5.76 Å². The van der Waals surface area contributed by atoms with Crippen LogP contribution in [0.4, 0.5) is 4.39 Å². The van der Waals surface area contributed by atoms with E-state index in [0.717, 1.165) is 11.1 Å². The zero-order valence-corrected chi connectivity index (χ0v) is 16.6. The second-order valence-corrected chi connectivity index (χ2v) is 7.01. The van der Waals surface area contributed by atoms with Gasteiger partial charge in [0.25, 0.3) is 5.56 Å². The lowest BCUT2D eigenvalue weighted by Gasteiger charge is -2.24. The Hall–Kier alpha value is -3.47. The molecule has 4 N–H and O–H groups in total. The summed E-state index contributed by atoms with van der Waals surface area (Å²) in [5.41, 5.74) is 3.27. The molecule has 2 aromatic carbocycles. The topological polar surface area (TPSA) is 136 Å². The first-order chi connectivity index (χ1) is 14.7. The van der Waals surface area contributed by atoms with Crippen LogP contribution >= 0.6 is 11.6 Å². The standard InChI is InChI=1S/C20H17ClFN3O6/c21-13-5-6-15(22)14(7-13)12-3-1-11(2-4-12)9-25(10-16(26)20(29)30)23-19(28)17-8-18(27)24-31-17/h1-8,16,26H,9-10H2,(H,23,28)(H,24,27)(H,29,30)/t16-/m1/s1. The maximum absolute atomic E-state index is 14.1. The number of amides is 1. The molecule has 0 aliphatic heterocycles. The predicted molar refractivity (Wildman–Crippen MR) is 108 cm³/mol. The maximum Gasteiger partial charge on any atom is 0.333 e. The van der Waals surface area contributed by atoms with E-state index in [4.69, 9.17) is 21.2 Å². The number of H-pyrrole nitrogens is 1. The molecule has 0 spiro atoms. The Morgan fingerprint density at radius 3 is 2.52 bits per heavy atom. The monoisotopic (exact) mass is 449 g/mol. The summed E-state index contributed by atoms with van der Waals surface area (Å²) in [4.78, 5) is 34.4. The van der Waals surface area contributed by atoms with Crippen LogP contribution in [-0.2, 0) is 11.3 Å². The van der Waals surface area contributed by atoms with Crippen molar-refractivity contribution in [1.29, 1.82) is 0 Å². The summed E-state index contributed by atoms with van der Waals surface area (Å²) in [6.07, 6.45) is -1.78. The first kappa shape index (κ1) is 22.2. The second-order valence-electron chi connectivity index (χ2n) is 6.57. The number of aromatic amines is 1. The summed E-state index contributed by atoms with van der Waals surface area (Å²) in [6, 6.07) is 11.7. The quantitative estimate of drug-likeness (QED) is 0.386. The summed E-state index contributed by atoms with van der Waals surface area (Å²) < 4.78 is 18.8. The molecule has 0 bridgehead atoms. The lowest BCUT2D eigenvalue weighted by atomic mass is 10.0. The van der Waals surface area contributed by atoms with Gasteiger partial charge in [0, 0.05) is 17.1 Å². The van der Waals surface area contributed by atoms with Crippen LogP contribution in [0.15, 0.2) is 57.8 Å². The first-order valence-corrected chi connectivity index (χ1v) is 9.30. The van der Waals surface area contributed by atoms with Crippen molar-refractivity contribution in [2.45, 2.75) is 12.6 Å². The molecule has 3 rings (SSSR count). The molecule has 1 heterocycles. The van der Waals surface area contributed by atoms with E-state index in [9.17, 15) is 23.9 Å². The number of hydrazine groups is 1. The summed E-state index contributed by atoms with van der Waals surface area (Å²) in [6.45, 7) is -0.441. The zero-order chi connectivity index (χ0) is 22.5. The first-order valence-electron chi connectivity index (χ1n) is 8.92. The summed E-state index contributed by atoms with van der Waals surface area (Å²) in [7, 11) is 0. The van der Waals surface area contributed by atoms with Gasteiger partial charge in [0.05, 0.1) is 12.6 Å². The number of hydrogen-bond donors (Lipinski definition) is 4. The van der Waals surface area contributed by atoms with Gasteiger partial charge in [-0.15, -0.1) is 0 Å². The number of benzene rings is 2. The van der Waals surface area contributed by atoms with Crippen LogP contribution in [0.5, 0.6) is 0 Å². The van der Waals surface area contributed by atoms with Gasteiger partial charge in [0.15, 0.2) is 6.10 Å². The Labute approximate surface area is 179 Å². The molecule has 162 valence electrons. The number of aliphatic hydroxyl groups excluding tert-OH is 1. The van der Waals surface area contributed by atoms with Gasteiger partial charge in [-0.05, 0) is 29.3 Å². The average molecular weight is 450 g/mol. The molecule has 11 heteroatoms. The lowest BCUT2D eigenvalue weighted by molar-refractivity contribution is -0.148. The molecular weight excluding hydrogens is 433 g/mol. The molecule has 1 atom stereocenters. The van der Waals surface area contributed by atoms with Crippen LogP contribution in [-0.4, -0.2) is 44.9 Å². The highest BCUT2D eigenvalue weighted by atomic mass is 35.5. The molecule has 0 aliphatic carbocycles. The van der Waals surface area contributed by atoms with E-state index >= 15 is 0 Å².